The normalized spacial score (nSPS) is 8.59. The van der Waals surface area contributed by atoms with Gasteiger partial charge in [-0.15, -0.1) is 0 Å². The first-order valence-electron chi connectivity index (χ1n) is 4.48. The molecule has 0 unspecified atom stereocenters. The van der Waals surface area contributed by atoms with E-state index in [0.29, 0.717) is 10.0 Å². The average molecular weight is 309 g/mol. The molecule has 90 valence electrons. The van der Waals surface area contributed by atoms with Crippen LogP contribution >= 0.6 is 23.2 Å². The van der Waals surface area contributed by atoms with E-state index in [1.54, 1.807) is 48.5 Å². The van der Waals surface area contributed by atoms with Gasteiger partial charge in [0, 0.05) is 17.4 Å². The minimum atomic E-state index is 0. The fraction of sp³-hybridized carbons (Fsp3) is 0. The third kappa shape index (κ3) is 5.86. The van der Waals surface area contributed by atoms with Crippen molar-refractivity contribution in [1.29, 1.82) is 0 Å². The van der Waals surface area contributed by atoms with Gasteiger partial charge in [0.15, 0.2) is 0 Å². The van der Waals surface area contributed by atoms with Gasteiger partial charge < -0.3 is 10.2 Å². The van der Waals surface area contributed by atoms with Crippen molar-refractivity contribution in [3.63, 3.8) is 0 Å². The first-order chi connectivity index (χ1) is 7.61. The molecular weight excluding hydrogens is 299 g/mol. The fourth-order valence-corrected chi connectivity index (χ4v) is 1.17. The van der Waals surface area contributed by atoms with Crippen molar-refractivity contribution in [2.75, 3.05) is 0 Å². The number of rotatable bonds is 0. The SMILES string of the molecule is Oc1ccccc1Cl.Oc1ccccc1Cl.[Cr]. The monoisotopic (exact) mass is 308 g/mol. The molecule has 0 amide bonds. The number of aromatic hydroxyl groups is 2. The number of phenolic OH excluding ortho intramolecular Hbond substituents is 2. The molecule has 0 aliphatic heterocycles. The summed E-state index contributed by atoms with van der Waals surface area (Å²) in [6.07, 6.45) is 0. The third-order valence-corrected chi connectivity index (χ3v) is 2.34. The summed E-state index contributed by atoms with van der Waals surface area (Å²) in [4.78, 5) is 0. The van der Waals surface area contributed by atoms with E-state index in [2.05, 4.69) is 0 Å². The van der Waals surface area contributed by atoms with Crippen LogP contribution in [-0.2, 0) is 17.4 Å². The van der Waals surface area contributed by atoms with Gasteiger partial charge in [-0.2, -0.15) is 0 Å². The molecule has 0 saturated heterocycles. The van der Waals surface area contributed by atoms with Crippen LogP contribution in [0.1, 0.15) is 0 Å². The average Bonchev–Trinajstić information content (AvgIpc) is 2.28. The van der Waals surface area contributed by atoms with Gasteiger partial charge in [0.1, 0.15) is 11.5 Å². The zero-order chi connectivity index (χ0) is 12.0. The van der Waals surface area contributed by atoms with Crippen molar-refractivity contribution in [1.82, 2.24) is 0 Å². The molecule has 0 aliphatic rings. The molecule has 2 N–H and O–H groups in total. The molecule has 5 heteroatoms. The first-order valence-corrected chi connectivity index (χ1v) is 5.24. The summed E-state index contributed by atoms with van der Waals surface area (Å²) in [5, 5.41) is 18.4. The van der Waals surface area contributed by atoms with E-state index in [1.807, 2.05) is 0 Å². The Morgan fingerprint density at radius 2 is 0.941 bits per heavy atom. The Kier molecular flexibility index (Phi) is 7.86. The molecule has 0 bridgehead atoms. The summed E-state index contributed by atoms with van der Waals surface area (Å²) >= 11 is 10.9. The Morgan fingerprint density at radius 1 is 0.647 bits per heavy atom. The van der Waals surface area contributed by atoms with Gasteiger partial charge in [-0.25, -0.2) is 0 Å². The van der Waals surface area contributed by atoms with Crippen molar-refractivity contribution in [2.24, 2.45) is 0 Å². The van der Waals surface area contributed by atoms with E-state index in [0.717, 1.165) is 0 Å². The number of para-hydroxylation sites is 2. The molecule has 0 aromatic heterocycles. The summed E-state index contributed by atoms with van der Waals surface area (Å²) in [7, 11) is 0. The van der Waals surface area contributed by atoms with Crippen LogP contribution in [0.15, 0.2) is 48.5 Å². The Morgan fingerprint density at radius 3 is 1.12 bits per heavy atom. The van der Waals surface area contributed by atoms with Crippen molar-refractivity contribution >= 4 is 23.2 Å². The number of benzene rings is 2. The van der Waals surface area contributed by atoms with Gasteiger partial charge in [-0.3, -0.25) is 0 Å². The van der Waals surface area contributed by atoms with Crippen molar-refractivity contribution in [3.8, 4) is 11.5 Å². The predicted octanol–water partition coefficient (Wildman–Crippen LogP) is 4.09. The summed E-state index contributed by atoms with van der Waals surface area (Å²) in [5.74, 6) is 0.267. The topological polar surface area (TPSA) is 40.5 Å². The Hall–Kier alpha value is -0.848. The van der Waals surface area contributed by atoms with Crippen LogP contribution in [0, 0.1) is 0 Å². The Bertz CT molecular complexity index is 378. The largest absolute Gasteiger partial charge is 0.506 e. The van der Waals surface area contributed by atoms with E-state index in [-0.39, 0.29) is 28.9 Å². The van der Waals surface area contributed by atoms with Crippen molar-refractivity contribution < 1.29 is 27.6 Å². The maximum atomic E-state index is 8.79. The van der Waals surface area contributed by atoms with E-state index in [1.165, 1.54) is 0 Å². The van der Waals surface area contributed by atoms with E-state index in [9.17, 15) is 0 Å². The number of hydrogen-bond donors (Lipinski definition) is 2. The van der Waals surface area contributed by atoms with Gasteiger partial charge >= 0.3 is 0 Å². The van der Waals surface area contributed by atoms with E-state index in [4.69, 9.17) is 33.4 Å². The molecule has 0 fully saturated rings. The van der Waals surface area contributed by atoms with Crippen LogP contribution in [0.3, 0.4) is 0 Å². The Labute approximate surface area is 121 Å². The van der Waals surface area contributed by atoms with Gasteiger partial charge in [-0.05, 0) is 24.3 Å². The number of hydrogen-bond acceptors (Lipinski definition) is 2. The predicted molar refractivity (Wildman–Crippen MR) is 66.2 cm³/mol. The minimum absolute atomic E-state index is 0. The minimum Gasteiger partial charge on any atom is -0.506 e. The van der Waals surface area contributed by atoms with E-state index >= 15 is 0 Å². The fourth-order valence-electron chi connectivity index (χ4n) is 0.903. The zero-order valence-corrected chi connectivity index (χ0v) is 11.5. The number of phenols is 2. The zero-order valence-electron chi connectivity index (χ0n) is 8.68. The smallest absolute Gasteiger partial charge is 0.134 e. The van der Waals surface area contributed by atoms with E-state index < -0.39 is 0 Å². The molecule has 2 aromatic carbocycles. The molecule has 17 heavy (non-hydrogen) atoms. The first kappa shape index (κ1) is 16.2. The van der Waals surface area contributed by atoms with Gasteiger partial charge in [0.2, 0.25) is 0 Å². The van der Waals surface area contributed by atoms with Crippen LogP contribution in [-0.4, -0.2) is 10.2 Å². The van der Waals surface area contributed by atoms with Gasteiger partial charge in [-0.1, -0.05) is 47.5 Å². The second-order valence-electron chi connectivity index (χ2n) is 2.90. The van der Waals surface area contributed by atoms with Crippen molar-refractivity contribution in [2.45, 2.75) is 0 Å². The molecule has 2 aromatic rings. The molecule has 2 rings (SSSR count). The molecule has 0 spiro atoms. The van der Waals surface area contributed by atoms with Gasteiger partial charge in [0.25, 0.3) is 0 Å². The van der Waals surface area contributed by atoms with Gasteiger partial charge in [0.05, 0.1) is 10.0 Å². The maximum Gasteiger partial charge on any atom is 0.134 e. The van der Waals surface area contributed by atoms with Crippen LogP contribution in [0.5, 0.6) is 11.5 Å². The summed E-state index contributed by atoms with van der Waals surface area (Å²) in [6.45, 7) is 0. The van der Waals surface area contributed by atoms with Crippen molar-refractivity contribution in [3.05, 3.63) is 58.6 Å². The number of halogens is 2. The van der Waals surface area contributed by atoms with Crippen LogP contribution in [0.4, 0.5) is 0 Å². The molecule has 0 saturated carbocycles. The molecule has 0 aliphatic carbocycles. The maximum absolute atomic E-state index is 8.79. The van der Waals surface area contributed by atoms with Crippen LogP contribution in [0.25, 0.3) is 0 Å². The quantitative estimate of drug-likeness (QED) is 0.769. The van der Waals surface area contributed by atoms with Crippen LogP contribution < -0.4 is 0 Å². The molecular formula is C12H10Cl2CrO2. The Balaban J connectivity index is 0.000000284. The van der Waals surface area contributed by atoms with Crippen LogP contribution in [0.2, 0.25) is 10.0 Å². The standard InChI is InChI=1S/2C6H5ClO.Cr/c2*7-5-3-1-2-4-6(5)8;/h2*1-4,8H;. The molecule has 2 nitrogen and oxygen atoms in total. The second kappa shape index (κ2) is 8.27. The summed E-state index contributed by atoms with van der Waals surface area (Å²) in [5.41, 5.74) is 0. The third-order valence-electron chi connectivity index (χ3n) is 1.70. The molecule has 0 atom stereocenters. The molecule has 0 heterocycles. The molecule has 0 radical (unpaired) electrons. The second-order valence-corrected chi connectivity index (χ2v) is 3.72. The summed E-state index contributed by atoms with van der Waals surface area (Å²) in [6, 6.07) is 13.3. The summed E-state index contributed by atoms with van der Waals surface area (Å²) < 4.78 is 0.